The molecule has 2 aromatic heterocycles. The number of halogens is 1. The molecule has 0 saturated heterocycles. The van der Waals surface area contributed by atoms with Crippen molar-refractivity contribution in [2.75, 3.05) is 5.32 Å². The first-order valence-electron chi connectivity index (χ1n) is 5.12. The minimum atomic E-state index is -0.556. The van der Waals surface area contributed by atoms with Gasteiger partial charge in [0.05, 0.1) is 17.0 Å². The summed E-state index contributed by atoms with van der Waals surface area (Å²) >= 11 is 4.91. The summed E-state index contributed by atoms with van der Waals surface area (Å²) in [6, 6.07) is 4.94. The number of anilines is 1. The predicted molar refractivity (Wildman–Crippen MR) is 75.0 cm³/mol. The normalized spacial score (nSPS) is 9.89. The monoisotopic (exact) mass is 338 g/mol. The molecule has 2 rings (SSSR count). The number of nitriles is 1. The number of hydrogen-bond donors (Lipinski definition) is 1. The second-order valence-electron chi connectivity index (χ2n) is 3.51. The molecular formula is C11H7BrN4O2S. The SMILES string of the molecule is N#Cc1cnc(NCc2sccc2Br)c([N+](=O)[O-])c1. The van der Waals surface area contributed by atoms with Gasteiger partial charge in [0, 0.05) is 21.6 Å². The Hall–Kier alpha value is -1.98. The first kappa shape index (κ1) is 13.5. The van der Waals surface area contributed by atoms with E-state index >= 15 is 0 Å². The Labute approximate surface area is 121 Å². The lowest BCUT2D eigenvalue weighted by Crippen LogP contribution is -2.04. The summed E-state index contributed by atoms with van der Waals surface area (Å²) in [7, 11) is 0. The fraction of sp³-hybridized carbons (Fsp3) is 0.0909. The zero-order valence-electron chi connectivity index (χ0n) is 9.46. The molecule has 2 heterocycles. The van der Waals surface area contributed by atoms with Crippen LogP contribution in [-0.2, 0) is 6.54 Å². The van der Waals surface area contributed by atoms with Gasteiger partial charge in [0.2, 0.25) is 5.82 Å². The Morgan fingerprint density at radius 1 is 1.63 bits per heavy atom. The summed E-state index contributed by atoms with van der Waals surface area (Å²) in [6.45, 7) is 0.429. The molecule has 0 fully saturated rings. The van der Waals surface area contributed by atoms with Crippen molar-refractivity contribution in [2.24, 2.45) is 0 Å². The Bertz CT molecular complexity index is 665. The minimum absolute atomic E-state index is 0.157. The highest BCUT2D eigenvalue weighted by atomic mass is 79.9. The van der Waals surface area contributed by atoms with Gasteiger partial charge in [-0.15, -0.1) is 11.3 Å². The molecule has 1 N–H and O–H groups in total. The van der Waals surface area contributed by atoms with Gasteiger partial charge in [0.1, 0.15) is 6.07 Å². The molecule has 0 radical (unpaired) electrons. The van der Waals surface area contributed by atoms with Crippen molar-refractivity contribution in [1.82, 2.24) is 4.98 Å². The van der Waals surface area contributed by atoms with Crippen LogP contribution in [0.4, 0.5) is 11.5 Å². The van der Waals surface area contributed by atoms with E-state index in [1.807, 2.05) is 17.5 Å². The van der Waals surface area contributed by atoms with E-state index in [0.717, 1.165) is 9.35 Å². The van der Waals surface area contributed by atoms with E-state index < -0.39 is 4.92 Å². The third-order valence-corrected chi connectivity index (χ3v) is 4.23. The van der Waals surface area contributed by atoms with Crippen LogP contribution in [0.5, 0.6) is 0 Å². The minimum Gasteiger partial charge on any atom is -0.359 e. The molecule has 8 heteroatoms. The molecule has 0 bridgehead atoms. The third-order valence-electron chi connectivity index (χ3n) is 2.30. The fourth-order valence-electron chi connectivity index (χ4n) is 1.40. The van der Waals surface area contributed by atoms with Crippen LogP contribution in [0.3, 0.4) is 0 Å². The number of aromatic nitrogens is 1. The maximum Gasteiger partial charge on any atom is 0.312 e. The Balaban J connectivity index is 2.23. The Morgan fingerprint density at radius 3 is 3.00 bits per heavy atom. The highest BCUT2D eigenvalue weighted by Gasteiger charge is 2.16. The van der Waals surface area contributed by atoms with Crippen molar-refractivity contribution in [3.8, 4) is 6.07 Å². The van der Waals surface area contributed by atoms with Crippen molar-refractivity contribution >= 4 is 38.8 Å². The summed E-state index contributed by atoms with van der Waals surface area (Å²) in [5, 5.41) is 24.5. The predicted octanol–water partition coefficient (Wildman–Crippen LogP) is 3.30. The first-order valence-corrected chi connectivity index (χ1v) is 6.79. The van der Waals surface area contributed by atoms with Gasteiger partial charge >= 0.3 is 5.69 Å². The Morgan fingerprint density at radius 2 is 2.42 bits per heavy atom. The van der Waals surface area contributed by atoms with Crippen LogP contribution in [0.15, 0.2) is 28.2 Å². The average molecular weight is 339 g/mol. The number of nitrogens with zero attached hydrogens (tertiary/aromatic N) is 3. The number of rotatable bonds is 4. The van der Waals surface area contributed by atoms with Crippen molar-refractivity contribution in [3.05, 3.63) is 48.7 Å². The molecule has 0 aromatic carbocycles. The topological polar surface area (TPSA) is 91.8 Å². The molecule has 6 nitrogen and oxygen atoms in total. The van der Waals surface area contributed by atoms with E-state index in [4.69, 9.17) is 5.26 Å². The van der Waals surface area contributed by atoms with Gasteiger partial charge in [0.15, 0.2) is 0 Å². The van der Waals surface area contributed by atoms with E-state index in [1.165, 1.54) is 23.6 Å². The van der Waals surface area contributed by atoms with E-state index in [0.29, 0.717) is 6.54 Å². The fourth-order valence-corrected chi connectivity index (χ4v) is 2.84. The highest BCUT2D eigenvalue weighted by molar-refractivity contribution is 9.10. The van der Waals surface area contributed by atoms with Crippen LogP contribution < -0.4 is 5.32 Å². The maximum absolute atomic E-state index is 10.9. The van der Waals surface area contributed by atoms with Crippen molar-refractivity contribution in [3.63, 3.8) is 0 Å². The standard InChI is InChI=1S/C11H7BrN4O2S/c12-8-1-2-19-10(8)6-15-11-9(16(17)18)3-7(4-13)5-14-11/h1-3,5H,6H2,(H,14,15). The summed E-state index contributed by atoms with van der Waals surface area (Å²) in [5.74, 6) is 0.157. The lowest BCUT2D eigenvalue weighted by molar-refractivity contribution is -0.384. The largest absolute Gasteiger partial charge is 0.359 e. The quantitative estimate of drug-likeness (QED) is 0.682. The summed E-state index contributed by atoms with van der Waals surface area (Å²) in [5.41, 5.74) is -0.0405. The number of nitro groups is 1. The van der Waals surface area contributed by atoms with Crippen molar-refractivity contribution in [1.29, 1.82) is 5.26 Å². The van der Waals surface area contributed by atoms with E-state index in [-0.39, 0.29) is 17.1 Å². The van der Waals surface area contributed by atoms with Gasteiger partial charge in [-0.3, -0.25) is 10.1 Å². The first-order chi connectivity index (χ1) is 9.11. The Kier molecular flexibility index (Phi) is 4.09. The lowest BCUT2D eigenvalue weighted by Gasteiger charge is -2.05. The highest BCUT2D eigenvalue weighted by Crippen LogP contribution is 2.26. The second kappa shape index (κ2) is 5.77. The zero-order valence-corrected chi connectivity index (χ0v) is 11.9. The average Bonchev–Trinajstić information content (AvgIpc) is 2.81. The van der Waals surface area contributed by atoms with Gasteiger partial charge < -0.3 is 5.32 Å². The molecule has 96 valence electrons. The molecule has 0 aliphatic heterocycles. The van der Waals surface area contributed by atoms with E-state index in [9.17, 15) is 10.1 Å². The molecule has 0 aliphatic carbocycles. The van der Waals surface area contributed by atoms with Crippen LogP contribution in [0, 0.1) is 21.4 Å². The number of hydrogen-bond acceptors (Lipinski definition) is 6. The second-order valence-corrected chi connectivity index (χ2v) is 5.36. The summed E-state index contributed by atoms with van der Waals surface area (Å²) in [4.78, 5) is 15.3. The van der Waals surface area contributed by atoms with Gasteiger partial charge in [-0.1, -0.05) is 0 Å². The van der Waals surface area contributed by atoms with Crippen LogP contribution in [0.1, 0.15) is 10.4 Å². The number of nitrogens with one attached hydrogen (secondary N) is 1. The maximum atomic E-state index is 10.9. The molecular weight excluding hydrogens is 332 g/mol. The van der Waals surface area contributed by atoms with Crippen molar-refractivity contribution < 1.29 is 4.92 Å². The van der Waals surface area contributed by atoms with Crippen LogP contribution in [0.25, 0.3) is 0 Å². The lowest BCUT2D eigenvalue weighted by atomic mass is 10.2. The van der Waals surface area contributed by atoms with Gasteiger partial charge in [0.25, 0.3) is 0 Å². The van der Waals surface area contributed by atoms with E-state index in [2.05, 4.69) is 26.2 Å². The van der Waals surface area contributed by atoms with Crippen molar-refractivity contribution in [2.45, 2.75) is 6.54 Å². The molecule has 0 spiro atoms. The number of thiophene rings is 1. The summed E-state index contributed by atoms with van der Waals surface area (Å²) < 4.78 is 0.946. The molecule has 0 aliphatic rings. The molecule has 0 unspecified atom stereocenters. The smallest absolute Gasteiger partial charge is 0.312 e. The zero-order chi connectivity index (χ0) is 13.8. The van der Waals surface area contributed by atoms with E-state index in [1.54, 1.807) is 0 Å². The molecule has 0 saturated carbocycles. The molecule has 19 heavy (non-hydrogen) atoms. The van der Waals surface area contributed by atoms with Gasteiger partial charge in [-0.05, 0) is 27.4 Å². The van der Waals surface area contributed by atoms with Crippen LogP contribution in [0.2, 0.25) is 0 Å². The number of pyridine rings is 1. The molecule has 0 amide bonds. The summed E-state index contributed by atoms with van der Waals surface area (Å²) in [6.07, 6.45) is 1.30. The van der Waals surface area contributed by atoms with Crippen LogP contribution in [-0.4, -0.2) is 9.91 Å². The molecule has 2 aromatic rings. The van der Waals surface area contributed by atoms with Gasteiger partial charge in [-0.25, -0.2) is 4.98 Å². The van der Waals surface area contributed by atoms with Crippen LogP contribution >= 0.6 is 27.3 Å². The van der Waals surface area contributed by atoms with Gasteiger partial charge in [-0.2, -0.15) is 5.26 Å². The molecule has 0 atom stereocenters. The third kappa shape index (κ3) is 3.07.